The number of nitrogens with one attached hydrogen (secondary N) is 1. The molecule has 19 heavy (non-hydrogen) atoms. The first-order valence-corrected chi connectivity index (χ1v) is 6.21. The third kappa shape index (κ3) is 5.77. The fraction of sp³-hybridized carbons (Fsp3) is 0.273. The molecule has 0 aliphatic heterocycles. The average Bonchev–Trinajstić information content (AvgIpc) is 2.74. The fourth-order valence-electron chi connectivity index (χ4n) is 1.10. The Hall–Kier alpha value is -2.22. The molecule has 0 aromatic carbocycles. The molecule has 0 spiro atoms. The van der Waals surface area contributed by atoms with Gasteiger partial charge >= 0.3 is 11.9 Å². The number of nitrogens with zero attached hydrogens (tertiary/aromatic N) is 1. The van der Waals surface area contributed by atoms with Crippen molar-refractivity contribution in [3.05, 3.63) is 23.2 Å². The smallest absolute Gasteiger partial charge is 0.328 e. The molecule has 2 N–H and O–H groups in total. The minimum absolute atomic E-state index is 0.0329. The van der Waals surface area contributed by atoms with Crippen LogP contribution in [0.5, 0.6) is 0 Å². The summed E-state index contributed by atoms with van der Waals surface area (Å²) in [4.78, 5) is 36.7. The standard InChI is InChI=1S/C11H12N2O5S/c1-2-18-10(17)5-7-6-19-11(12-7)13-8(14)3-4-9(15)16/h3-4,6H,2,5H2,1H3,(H,15,16)(H,12,13,14). The number of carbonyl (C=O) groups is 3. The van der Waals surface area contributed by atoms with Crippen molar-refractivity contribution in [2.75, 3.05) is 11.9 Å². The number of hydrogen-bond donors (Lipinski definition) is 2. The Morgan fingerprint density at radius 3 is 2.84 bits per heavy atom. The van der Waals surface area contributed by atoms with Crippen LogP contribution >= 0.6 is 11.3 Å². The van der Waals surface area contributed by atoms with Crippen molar-refractivity contribution in [1.82, 2.24) is 4.98 Å². The molecule has 0 saturated heterocycles. The molecule has 7 nitrogen and oxygen atoms in total. The van der Waals surface area contributed by atoms with Gasteiger partial charge in [-0.3, -0.25) is 14.9 Å². The molecular weight excluding hydrogens is 272 g/mol. The number of aliphatic carboxylic acids is 1. The van der Waals surface area contributed by atoms with E-state index >= 15 is 0 Å². The maximum absolute atomic E-state index is 11.3. The summed E-state index contributed by atoms with van der Waals surface area (Å²) in [6, 6.07) is 0. The van der Waals surface area contributed by atoms with Gasteiger partial charge in [0.25, 0.3) is 0 Å². The van der Waals surface area contributed by atoms with Crippen LogP contribution in [0.4, 0.5) is 5.13 Å². The summed E-state index contributed by atoms with van der Waals surface area (Å²) in [7, 11) is 0. The third-order valence-electron chi connectivity index (χ3n) is 1.79. The monoisotopic (exact) mass is 284 g/mol. The van der Waals surface area contributed by atoms with Crippen molar-refractivity contribution in [1.29, 1.82) is 0 Å². The van der Waals surface area contributed by atoms with Crippen molar-refractivity contribution >= 4 is 34.3 Å². The number of thiazole rings is 1. The Bertz CT molecular complexity index is 509. The van der Waals surface area contributed by atoms with E-state index in [0.717, 1.165) is 23.5 Å². The Kier molecular flexibility index (Phi) is 5.68. The summed E-state index contributed by atoms with van der Waals surface area (Å²) in [5, 5.41) is 12.6. The topological polar surface area (TPSA) is 106 Å². The quantitative estimate of drug-likeness (QED) is 0.592. The van der Waals surface area contributed by atoms with Gasteiger partial charge in [0.2, 0.25) is 5.91 Å². The average molecular weight is 284 g/mol. The van der Waals surface area contributed by atoms with Gasteiger partial charge in [0.1, 0.15) is 0 Å². The van der Waals surface area contributed by atoms with Crippen molar-refractivity contribution in [2.45, 2.75) is 13.3 Å². The van der Waals surface area contributed by atoms with E-state index in [1.807, 2.05) is 0 Å². The number of aromatic nitrogens is 1. The maximum atomic E-state index is 11.3. The molecule has 0 bridgehead atoms. The van der Waals surface area contributed by atoms with Crippen LogP contribution in [0.25, 0.3) is 0 Å². The zero-order chi connectivity index (χ0) is 14.3. The minimum Gasteiger partial charge on any atom is -0.478 e. The molecule has 0 unspecified atom stereocenters. The molecule has 102 valence electrons. The van der Waals surface area contributed by atoms with E-state index in [4.69, 9.17) is 9.84 Å². The highest BCUT2D eigenvalue weighted by Gasteiger charge is 2.09. The van der Waals surface area contributed by atoms with Gasteiger partial charge in [0.15, 0.2) is 5.13 Å². The molecule has 1 rings (SSSR count). The third-order valence-corrected chi connectivity index (χ3v) is 2.60. The molecule has 1 aromatic heterocycles. The predicted molar refractivity (Wildman–Crippen MR) is 67.9 cm³/mol. The van der Waals surface area contributed by atoms with E-state index in [9.17, 15) is 14.4 Å². The first-order chi connectivity index (χ1) is 9.01. The summed E-state index contributed by atoms with van der Waals surface area (Å²) in [6.45, 7) is 2.01. The molecule has 1 heterocycles. The lowest BCUT2D eigenvalue weighted by Crippen LogP contribution is -2.10. The largest absolute Gasteiger partial charge is 0.478 e. The number of carbonyl (C=O) groups excluding carboxylic acids is 2. The van der Waals surface area contributed by atoms with Gasteiger partial charge < -0.3 is 9.84 Å². The van der Waals surface area contributed by atoms with Gasteiger partial charge in [0.05, 0.1) is 18.7 Å². The van der Waals surface area contributed by atoms with Crippen LogP contribution in [-0.4, -0.2) is 34.5 Å². The number of anilines is 1. The predicted octanol–water partition coefficient (Wildman–Crippen LogP) is 0.828. The number of hydrogen-bond acceptors (Lipinski definition) is 6. The fourth-order valence-corrected chi connectivity index (χ4v) is 1.81. The van der Waals surface area contributed by atoms with Crippen molar-refractivity contribution in [3.8, 4) is 0 Å². The van der Waals surface area contributed by atoms with E-state index in [0.29, 0.717) is 17.4 Å². The first kappa shape index (κ1) is 14.8. The van der Waals surface area contributed by atoms with E-state index in [1.54, 1.807) is 12.3 Å². The minimum atomic E-state index is -1.21. The van der Waals surface area contributed by atoms with E-state index in [-0.39, 0.29) is 6.42 Å². The van der Waals surface area contributed by atoms with Crippen LogP contribution < -0.4 is 5.32 Å². The number of esters is 1. The Morgan fingerprint density at radius 2 is 2.21 bits per heavy atom. The lowest BCUT2D eigenvalue weighted by atomic mass is 10.3. The van der Waals surface area contributed by atoms with E-state index in [1.165, 1.54) is 0 Å². The maximum Gasteiger partial charge on any atom is 0.328 e. The van der Waals surface area contributed by atoms with Gasteiger partial charge in [-0.05, 0) is 6.92 Å². The van der Waals surface area contributed by atoms with Crippen LogP contribution in [0.2, 0.25) is 0 Å². The van der Waals surface area contributed by atoms with Crippen molar-refractivity contribution in [2.24, 2.45) is 0 Å². The summed E-state index contributed by atoms with van der Waals surface area (Å²) in [5.41, 5.74) is 0.487. The molecule has 0 radical (unpaired) electrons. The number of carboxylic acid groups (broad SMARTS) is 1. The Labute approximate surface area is 112 Å². The highest BCUT2D eigenvalue weighted by molar-refractivity contribution is 7.14. The summed E-state index contributed by atoms with van der Waals surface area (Å²) in [6.07, 6.45) is 1.64. The van der Waals surface area contributed by atoms with Gasteiger partial charge in [-0.15, -0.1) is 11.3 Å². The van der Waals surface area contributed by atoms with Crippen LogP contribution in [0, 0.1) is 0 Å². The SMILES string of the molecule is CCOC(=O)Cc1csc(NC(=O)C=CC(=O)O)n1. The highest BCUT2D eigenvalue weighted by atomic mass is 32.1. The van der Waals surface area contributed by atoms with Crippen LogP contribution in [0.15, 0.2) is 17.5 Å². The van der Waals surface area contributed by atoms with Crippen LogP contribution in [0.3, 0.4) is 0 Å². The summed E-state index contributed by atoms with van der Waals surface area (Å²) in [5.74, 6) is -2.20. The van der Waals surface area contributed by atoms with Gasteiger partial charge in [-0.2, -0.15) is 0 Å². The van der Waals surface area contributed by atoms with E-state index in [2.05, 4.69) is 10.3 Å². The second-order valence-electron chi connectivity index (χ2n) is 3.29. The second kappa shape index (κ2) is 7.27. The van der Waals surface area contributed by atoms with Crippen LogP contribution in [0.1, 0.15) is 12.6 Å². The lowest BCUT2D eigenvalue weighted by molar-refractivity contribution is -0.142. The summed E-state index contributed by atoms with van der Waals surface area (Å²) < 4.78 is 4.76. The van der Waals surface area contributed by atoms with Crippen molar-refractivity contribution in [3.63, 3.8) is 0 Å². The van der Waals surface area contributed by atoms with Gasteiger partial charge in [-0.25, -0.2) is 9.78 Å². The number of amides is 1. The molecule has 0 aliphatic carbocycles. The second-order valence-corrected chi connectivity index (χ2v) is 4.14. The molecular formula is C11H12N2O5S. The number of rotatable bonds is 6. The van der Waals surface area contributed by atoms with Gasteiger partial charge in [-0.1, -0.05) is 0 Å². The zero-order valence-electron chi connectivity index (χ0n) is 10.1. The number of carboxylic acids is 1. The van der Waals surface area contributed by atoms with Crippen LogP contribution in [-0.2, 0) is 25.5 Å². The molecule has 0 atom stereocenters. The lowest BCUT2D eigenvalue weighted by Gasteiger charge is -1.98. The molecule has 1 amide bonds. The molecule has 0 saturated carbocycles. The Balaban J connectivity index is 2.53. The number of ether oxygens (including phenoxy) is 1. The zero-order valence-corrected chi connectivity index (χ0v) is 10.9. The molecule has 0 aliphatic rings. The summed E-state index contributed by atoms with van der Waals surface area (Å²) >= 11 is 1.14. The van der Waals surface area contributed by atoms with Gasteiger partial charge in [0, 0.05) is 17.5 Å². The highest BCUT2D eigenvalue weighted by Crippen LogP contribution is 2.16. The molecule has 1 aromatic rings. The molecule has 0 fully saturated rings. The first-order valence-electron chi connectivity index (χ1n) is 5.33. The van der Waals surface area contributed by atoms with Crippen molar-refractivity contribution < 1.29 is 24.2 Å². The van der Waals surface area contributed by atoms with E-state index < -0.39 is 17.8 Å². The molecule has 8 heteroatoms. The Morgan fingerprint density at radius 1 is 1.47 bits per heavy atom. The normalized spacial score (nSPS) is 10.4.